The Kier molecular flexibility index (Phi) is 4.99. The van der Waals surface area contributed by atoms with E-state index >= 15 is 0 Å². The van der Waals surface area contributed by atoms with Crippen molar-refractivity contribution in [2.75, 3.05) is 25.0 Å². The van der Waals surface area contributed by atoms with E-state index in [9.17, 15) is 0 Å². The molecule has 0 saturated carbocycles. The summed E-state index contributed by atoms with van der Waals surface area (Å²) in [6, 6.07) is 8.65. The highest BCUT2D eigenvalue weighted by atomic mass is 32.2. The van der Waals surface area contributed by atoms with Crippen molar-refractivity contribution in [3.05, 3.63) is 24.3 Å². The van der Waals surface area contributed by atoms with Gasteiger partial charge in [-0.15, -0.1) is 11.8 Å². The topological polar surface area (TPSA) is 29.3 Å². The SMILES string of the molecule is CC(C)Sc1ccc(N(C)CCN)cc1. The minimum atomic E-state index is 0.637. The Morgan fingerprint density at radius 2 is 1.87 bits per heavy atom. The van der Waals surface area contributed by atoms with Crippen LogP contribution >= 0.6 is 11.8 Å². The Balaban J connectivity index is 2.63. The van der Waals surface area contributed by atoms with E-state index in [4.69, 9.17) is 5.73 Å². The molecular formula is C12H20N2S. The van der Waals surface area contributed by atoms with Gasteiger partial charge in [-0.1, -0.05) is 13.8 Å². The van der Waals surface area contributed by atoms with Gasteiger partial charge in [0, 0.05) is 36.0 Å². The van der Waals surface area contributed by atoms with Crippen molar-refractivity contribution in [3.8, 4) is 0 Å². The first kappa shape index (κ1) is 12.4. The average Bonchev–Trinajstić information content (AvgIpc) is 2.18. The zero-order chi connectivity index (χ0) is 11.3. The second-order valence-electron chi connectivity index (χ2n) is 3.87. The predicted molar refractivity (Wildman–Crippen MR) is 69.8 cm³/mol. The van der Waals surface area contributed by atoms with Gasteiger partial charge >= 0.3 is 0 Å². The fraction of sp³-hybridized carbons (Fsp3) is 0.500. The van der Waals surface area contributed by atoms with E-state index < -0.39 is 0 Å². The summed E-state index contributed by atoms with van der Waals surface area (Å²) in [5.74, 6) is 0. The summed E-state index contributed by atoms with van der Waals surface area (Å²) < 4.78 is 0. The normalized spacial score (nSPS) is 10.7. The highest BCUT2D eigenvalue weighted by Crippen LogP contribution is 2.24. The van der Waals surface area contributed by atoms with Crippen LogP contribution in [0.15, 0.2) is 29.2 Å². The summed E-state index contributed by atoms with van der Waals surface area (Å²) in [6.45, 7) is 6.01. The van der Waals surface area contributed by atoms with Crippen LogP contribution in [0.1, 0.15) is 13.8 Å². The molecule has 0 aliphatic rings. The molecule has 84 valence electrons. The quantitative estimate of drug-likeness (QED) is 0.780. The molecular weight excluding hydrogens is 204 g/mol. The van der Waals surface area contributed by atoms with Gasteiger partial charge in [0.2, 0.25) is 0 Å². The van der Waals surface area contributed by atoms with Gasteiger partial charge in [0.05, 0.1) is 0 Å². The molecule has 0 spiro atoms. The van der Waals surface area contributed by atoms with Crippen LogP contribution in [0.5, 0.6) is 0 Å². The number of thioether (sulfide) groups is 1. The minimum Gasteiger partial charge on any atom is -0.373 e. The summed E-state index contributed by atoms with van der Waals surface area (Å²) >= 11 is 1.89. The predicted octanol–water partition coefficient (Wildman–Crippen LogP) is 2.58. The second kappa shape index (κ2) is 6.03. The van der Waals surface area contributed by atoms with Crippen LogP contribution in [0.25, 0.3) is 0 Å². The van der Waals surface area contributed by atoms with E-state index in [1.807, 2.05) is 11.8 Å². The van der Waals surface area contributed by atoms with E-state index in [0.29, 0.717) is 11.8 Å². The third kappa shape index (κ3) is 4.14. The molecule has 15 heavy (non-hydrogen) atoms. The molecule has 1 aromatic rings. The summed E-state index contributed by atoms with van der Waals surface area (Å²) in [6.07, 6.45) is 0. The molecule has 2 nitrogen and oxygen atoms in total. The van der Waals surface area contributed by atoms with Crippen LogP contribution in [0, 0.1) is 0 Å². The molecule has 2 N–H and O–H groups in total. The molecule has 0 amide bonds. The van der Waals surface area contributed by atoms with Crippen LogP contribution < -0.4 is 10.6 Å². The van der Waals surface area contributed by atoms with Crippen LogP contribution in [0.2, 0.25) is 0 Å². The number of hydrogen-bond acceptors (Lipinski definition) is 3. The second-order valence-corrected chi connectivity index (χ2v) is 5.52. The number of nitrogens with two attached hydrogens (primary N) is 1. The fourth-order valence-electron chi connectivity index (χ4n) is 1.37. The Morgan fingerprint density at radius 3 is 2.33 bits per heavy atom. The standard InChI is InChI=1S/C12H20N2S/c1-10(2)15-12-6-4-11(5-7-12)14(3)9-8-13/h4-7,10H,8-9,13H2,1-3H3. The van der Waals surface area contributed by atoms with Crippen molar-refractivity contribution in [1.82, 2.24) is 0 Å². The van der Waals surface area contributed by atoms with Gasteiger partial charge in [0.25, 0.3) is 0 Å². The van der Waals surface area contributed by atoms with Gasteiger partial charge in [0.15, 0.2) is 0 Å². The highest BCUT2D eigenvalue weighted by Gasteiger charge is 2.01. The lowest BCUT2D eigenvalue weighted by Crippen LogP contribution is -2.24. The fourth-order valence-corrected chi connectivity index (χ4v) is 2.21. The molecule has 1 aromatic carbocycles. The summed E-state index contributed by atoms with van der Waals surface area (Å²) in [4.78, 5) is 3.50. The van der Waals surface area contributed by atoms with Gasteiger partial charge in [0.1, 0.15) is 0 Å². The molecule has 0 aromatic heterocycles. The van der Waals surface area contributed by atoms with E-state index in [0.717, 1.165) is 6.54 Å². The largest absolute Gasteiger partial charge is 0.373 e. The van der Waals surface area contributed by atoms with Gasteiger partial charge in [-0.2, -0.15) is 0 Å². The van der Waals surface area contributed by atoms with Gasteiger partial charge < -0.3 is 10.6 Å². The third-order valence-electron chi connectivity index (χ3n) is 2.11. The van der Waals surface area contributed by atoms with Crippen molar-refractivity contribution >= 4 is 17.4 Å². The number of nitrogens with zero attached hydrogens (tertiary/aromatic N) is 1. The summed E-state index contributed by atoms with van der Waals surface area (Å²) in [5.41, 5.74) is 6.75. The Morgan fingerprint density at radius 1 is 1.27 bits per heavy atom. The smallest absolute Gasteiger partial charge is 0.0364 e. The van der Waals surface area contributed by atoms with Crippen molar-refractivity contribution in [3.63, 3.8) is 0 Å². The first-order chi connectivity index (χ1) is 7.13. The monoisotopic (exact) mass is 224 g/mol. The first-order valence-corrected chi connectivity index (χ1v) is 6.19. The zero-order valence-electron chi connectivity index (χ0n) is 9.73. The number of benzene rings is 1. The average molecular weight is 224 g/mol. The molecule has 0 aliphatic carbocycles. The van der Waals surface area contributed by atoms with Crippen LogP contribution in [-0.4, -0.2) is 25.4 Å². The maximum atomic E-state index is 5.52. The van der Waals surface area contributed by atoms with Crippen LogP contribution in [-0.2, 0) is 0 Å². The molecule has 0 heterocycles. The third-order valence-corrected chi connectivity index (χ3v) is 3.13. The maximum absolute atomic E-state index is 5.52. The molecule has 0 atom stereocenters. The lowest BCUT2D eigenvalue weighted by molar-refractivity contribution is 0.885. The molecule has 0 bridgehead atoms. The molecule has 0 radical (unpaired) electrons. The maximum Gasteiger partial charge on any atom is 0.0364 e. The summed E-state index contributed by atoms with van der Waals surface area (Å²) in [7, 11) is 2.07. The molecule has 0 saturated heterocycles. The lowest BCUT2D eigenvalue weighted by Gasteiger charge is -2.18. The molecule has 0 unspecified atom stereocenters. The molecule has 1 rings (SSSR count). The van der Waals surface area contributed by atoms with Crippen LogP contribution in [0.3, 0.4) is 0 Å². The molecule has 0 fully saturated rings. The van der Waals surface area contributed by atoms with Crippen molar-refractivity contribution < 1.29 is 0 Å². The highest BCUT2D eigenvalue weighted by molar-refractivity contribution is 7.99. The Labute approximate surface area is 96.8 Å². The Bertz CT molecular complexity index is 282. The van der Waals surface area contributed by atoms with E-state index in [-0.39, 0.29) is 0 Å². The van der Waals surface area contributed by atoms with Crippen molar-refractivity contribution in [2.24, 2.45) is 5.73 Å². The van der Waals surface area contributed by atoms with E-state index in [1.165, 1.54) is 10.6 Å². The number of likely N-dealkylation sites (N-methyl/N-ethyl adjacent to an activating group) is 1. The van der Waals surface area contributed by atoms with Gasteiger partial charge in [-0.25, -0.2) is 0 Å². The van der Waals surface area contributed by atoms with Gasteiger partial charge in [-0.3, -0.25) is 0 Å². The number of rotatable bonds is 5. The number of hydrogen-bond donors (Lipinski definition) is 1. The van der Waals surface area contributed by atoms with E-state index in [1.54, 1.807) is 0 Å². The Hall–Kier alpha value is -0.670. The summed E-state index contributed by atoms with van der Waals surface area (Å²) in [5, 5.41) is 0.637. The first-order valence-electron chi connectivity index (χ1n) is 5.31. The molecule has 0 aliphatic heterocycles. The number of anilines is 1. The van der Waals surface area contributed by atoms with Crippen molar-refractivity contribution in [2.45, 2.75) is 24.0 Å². The lowest BCUT2D eigenvalue weighted by atomic mass is 10.3. The van der Waals surface area contributed by atoms with Crippen molar-refractivity contribution in [1.29, 1.82) is 0 Å². The molecule has 3 heteroatoms. The van der Waals surface area contributed by atoms with Gasteiger partial charge in [-0.05, 0) is 24.3 Å². The van der Waals surface area contributed by atoms with Crippen LogP contribution in [0.4, 0.5) is 5.69 Å². The zero-order valence-corrected chi connectivity index (χ0v) is 10.6. The van der Waals surface area contributed by atoms with E-state index in [2.05, 4.69) is 50.1 Å². The minimum absolute atomic E-state index is 0.637.